The van der Waals surface area contributed by atoms with E-state index in [1.165, 1.54) is 6.07 Å². The summed E-state index contributed by atoms with van der Waals surface area (Å²) < 4.78 is 30.9. The quantitative estimate of drug-likeness (QED) is 0.681. The van der Waals surface area contributed by atoms with E-state index in [2.05, 4.69) is 5.32 Å². The van der Waals surface area contributed by atoms with Gasteiger partial charge in [-0.05, 0) is 37.1 Å². The summed E-state index contributed by atoms with van der Waals surface area (Å²) in [4.78, 5) is 0.527. The molecule has 27 heavy (non-hydrogen) atoms. The van der Waals surface area contributed by atoms with Gasteiger partial charge >= 0.3 is 0 Å². The lowest BCUT2D eigenvalue weighted by molar-refractivity contribution is 0.114. The Morgan fingerprint density at radius 1 is 1.33 bits per heavy atom. The van der Waals surface area contributed by atoms with E-state index < -0.39 is 5.82 Å². The molecule has 0 spiro atoms. The van der Waals surface area contributed by atoms with E-state index in [4.69, 9.17) is 38.0 Å². The van der Waals surface area contributed by atoms with Crippen molar-refractivity contribution in [2.24, 2.45) is 0 Å². The van der Waals surface area contributed by atoms with E-state index in [-0.39, 0.29) is 18.3 Å². The first kappa shape index (κ1) is 19.9. The monoisotopic (exact) mass is 409 g/mol. The number of methoxy groups -OCH3 is 1. The second-order valence-corrected chi connectivity index (χ2v) is 6.99. The van der Waals surface area contributed by atoms with E-state index in [1.54, 1.807) is 25.3 Å². The summed E-state index contributed by atoms with van der Waals surface area (Å²) in [5.41, 5.74) is 0.962. The minimum absolute atomic E-state index is 0.0345. The Kier molecular flexibility index (Phi) is 6.88. The van der Waals surface area contributed by atoms with E-state index in [1.807, 2.05) is 12.1 Å². The molecule has 2 aromatic carbocycles. The molecule has 1 atom stereocenters. The van der Waals surface area contributed by atoms with Crippen LogP contribution in [0.1, 0.15) is 24.0 Å². The minimum atomic E-state index is -0.418. The molecule has 1 heterocycles. The van der Waals surface area contributed by atoms with Crippen LogP contribution in [0.15, 0.2) is 36.4 Å². The molecule has 144 valence electrons. The van der Waals surface area contributed by atoms with Crippen molar-refractivity contribution in [1.29, 1.82) is 0 Å². The first-order chi connectivity index (χ1) is 13.1. The number of ether oxygens (including phenoxy) is 3. The molecule has 0 radical (unpaired) electrons. The van der Waals surface area contributed by atoms with Crippen LogP contribution in [0.4, 0.5) is 4.39 Å². The van der Waals surface area contributed by atoms with E-state index in [0.29, 0.717) is 33.6 Å². The van der Waals surface area contributed by atoms with Crippen molar-refractivity contribution in [3.8, 4) is 11.5 Å². The van der Waals surface area contributed by atoms with Gasteiger partial charge in [0.05, 0.1) is 23.8 Å². The number of thiocarbonyl (C=S) groups is 1. The highest BCUT2D eigenvalue weighted by atomic mass is 35.5. The fraction of sp³-hybridized carbons (Fsp3) is 0.350. The molecular formula is C20H21ClFNO3S. The van der Waals surface area contributed by atoms with Gasteiger partial charge in [0, 0.05) is 18.7 Å². The fourth-order valence-electron chi connectivity index (χ4n) is 2.93. The van der Waals surface area contributed by atoms with Gasteiger partial charge < -0.3 is 19.5 Å². The highest BCUT2D eigenvalue weighted by molar-refractivity contribution is 7.80. The molecule has 7 heteroatoms. The van der Waals surface area contributed by atoms with E-state index in [9.17, 15) is 4.39 Å². The van der Waals surface area contributed by atoms with Crippen LogP contribution >= 0.6 is 23.8 Å². The predicted molar refractivity (Wildman–Crippen MR) is 107 cm³/mol. The number of hydrogen-bond acceptors (Lipinski definition) is 4. The topological polar surface area (TPSA) is 39.7 Å². The third kappa shape index (κ3) is 4.89. The number of hydrogen-bond donors (Lipinski definition) is 1. The van der Waals surface area contributed by atoms with E-state index in [0.717, 1.165) is 19.4 Å². The summed E-state index contributed by atoms with van der Waals surface area (Å²) in [5, 5.41) is 3.53. The van der Waals surface area contributed by atoms with Gasteiger partial charge in [-0.25, -0.2) is 4.39 Å². The molecule has 0 amide bonds. The molecule has 3 rings (SSSR count). The molecule has 1 aliphatic heterocycles. The number of nitrogens with one attached hydrogen (secondary N) is 1. The highest BCUT2D eigenvalue weighted by Crippen LogP contribution is 2.33. The van der Waals surface area contributed by atoms with Crippen LogP contribution in [0.3, 0.4) is 0 Å². The van der Waals surface area contributed by atoms with Crippen LogP contribution in [0.2, 0.25) is 5.02 Å². The minimum Gasteiger partial charge on any atom is -0.493 e. The maximum Gasteiger partial charge on any atom is 0.171 e. The first-order valence-electron chi connectivity index (χ1n) is 8.72. The van der Waals surface area contributed by atoms with Gasteiger partial charge in [0.1, 0.15) is 17.4 Å². The summed E-state index contributed by atoms with van der Waals surface area (Å²) in [5.74, 6) is 0.545. The maximum atomic E-state index is 14.0. The molecule has 1 fully saturated rings. The number of halogens is 2. The second kappa shape index (κ2) is 9.35. The van der Waals surface area contributed by atoms with Crippen molar-refractivity contribution in [1.82, 2.24) is 5.32 Å². The summed E-state index contributed by atoms with van der Waals surface area (Å²) >= 11 is 11.6. The van der Waals surface area contributed by atoms with Gasteiger partial charge in [0.15, 0.2) is 11.5 Å². The molecule has 0 saturated carbocycles. The first-order valence-corrected chi connectivity index (χ1v) is 9.51. The van der Waals surface area contributed by atoms with Crippen LogP contribution in [0, 0.1) is 5.82 Å². The maximum absolute atomic E-state index is 14.0. The van der Waals surface area contributed by atoms with Gasteiger partial charge in [-0.3, -0.25) is 0 Å². The fourth-order valence-corrected chi connectivity index (χ4v) is 3.39. The second-order valence-electron chi connectivity index (χ2n) is 6.17. The SMILES string of the molecule is COc1cccc(C(=S)NC[C@@H]2CCCO2)c1OCc1c(F)cccc1Cl. The smallest absolute Gasteiger partial charge is 0.171 e. The van der Waals surface area contributed by atoms with Gasteiger partial charge in [-0.1, -0.05) is 36.0 Å². The largest absolute Gasteiger partial charge is 0.493 e. The van der Waals surface area contributed by atoms with Gasteiger partial charge in [-0.2, -0.15) is 0 Å². The van der Waals surface area contributed by atoms with Crippen molar-refractivity contribution < 1.29 is 18.6 Å². The lowest BCUT2D eigenvalue weighted by Crippen LogP contribution is -2.31. The molecule has 0 aromatic heterocycles. The lowest BCUT2D eigenvalue weighted by atomic mass is 10.1. The number of para-hydroxylation sites is 1. The Morgan fingerprint density at radius 2 is 2.15 bits per heavy atom. The molecule has 1 N–H and O–H groups in total. The molecule has 2 aromatic rings. The average Bonchev–Trinajstić information content (AvgIpc) is 3.19. The Bertz CT molecular complexity index is 792. The van der Waals surface area contributed by atoms with Crippen LogP contribution in [-0.2, 0) is 11.3 Å². The molecule has 1 saturated heterocycles. The lowest BCUT2D eigenvalue weighted by Gasteiger charge is -2.18. The molecular weight excluding hydrogens is 389 g/mol. The van der Waals surface area contributed by atoms with Gasteiger partial charge in [0.25, 0.3) is 0 Å². The molecule has 4 nitrogen and oxygen atoms in total. The van der Waals surface area contributed by atoms with Crippen LogP contribution in [-0.4, -0.2) is 31.4 Å². The standard InChI is InChI=1S/C20H21ClFNO3S/c1-24-18-9-2-6-14(20(27)23-11-13-5-4-10-25-13)19(18)26-12-15-16(21)7-3-8-17(15)22/h2-3,6-9,13H,4-5,10-12H2,1H3,(H,23,27)/t13-/m0/s1. The van der Waals surface area contributed by atoms with Crippen molar-refractivity contribution in [2.75, 3.05) is 20.3 Å². The summed E-state index contributed by atoms with van der Waals surface area (Å²) in [6.45, 7) is 1.39. The Morgan fingerprint density at radius 3 is 2.85 bits per heavy atom. The van der Waals surface area contributed by atoms with Gasteiger partial charge in [-0.15, -0.1) is 0 Å². The van der Waals surface area contributed by atoms with Crippen molar-refractivity contribution in [3.05, 3.63) is 58.4 Å². The summed E-state index contributed by atoms with van der Waals surface area (Å²) in [7, 11) is 1.55. The molecule has 0 bridgehead atoms. The zero-order valence-electron chi connectivity index (χ0n) is 15.0. The Labute approximate surface area is 168 Å². The summed E-state index contributed by atoms with van der Waals surface area (Å²) in [6.07, 6.45) is 2.24. The van der Waals surface area contributed by atoms with Crippen LogP contribution in [0.5, 0.6) is 11.5 Å². The Balaban J connectivity index is 1.77. The third-order valence-corrected chi connectivity index (χ3v) is 5.10. The van der Waals surface area contributed by atoms with Gasteiger partial charge in [0.2, 0.25) is 0 Å². The molecule has 0 aliphatic carbocycles. The highest BCUT2D eigenvalue weighted by Gasteiger charge is 2.19. The van der Waals surface area contributed by atoms with Crippen molar-refractivity contribution in [3.63, 3.8) is 0 Å². The van der Waals surface area contributed by atoms with Crippen LogP contribution < -0.4 is 14.8 Å². The zero-order valence-corrected chi connectivity index (χ0v) is 16.5. The number of benzene rings is 2. The normalized spacial score (nSPS) is 16.2. The third-order valence-electron chi connectivity index (χ3n) is 4.38. The summed E-state index contributed by atoms with van der Waals surface area (Å²) in [6, 6.07) is 9.97. The van der Waals surface area contributed by atoms with Crippen LogP contribution in [0.25, 0.3) is 0 Å². The zero-order chi connectivity index (χ0) is 19.2. The average molecular weight is 410 g/mol. The van der Waals surface area contributed by atoms with Crippen molar-refractivity contribution in [2.45, 2.75) is 25.6 Å². The predicted octanol–water partition coefficient (Wildman–Crippen LogP) is 4.51. The molecule has 1 aliphatic rings. The number of rotatable bonds is 7. The van der Waals surface area contributed by atoms with Crippen molar-refractivity contribution >= 4 is 28.8 Å². The Hall–Kier alpha value is -1.89. The van der Waals surface area contributed by atoms with E-state index >= 15 is 0 Å². The molecule has 0 unspecified atom stereocenters.